The van der Waals surface area contributed by atoms with E-state index in [1.165, 1.54) is 18.3 Å². The number of halogens is 3. The number of aromatic nitrogens is 3. The lowest BCUT2D eigenvalue weighted by molar-refractivity contribution is 0.628. The summed E-state index contributed by atoms with van der Waals surface area (Å²) in [5.41, 5.74) is 4.58. The Labute approximate surface area is 194 Å². The minimum Gasteiger partial charge on any atom is -0.379 e. The standard InChI is InChI=1S/C23H19Cl2FN6/c1-3-21-30-12(2)20(32-21)11-28-15-6-16-22(31-14-4-5-19(26)17(24)7-14)13(9-27)10-29-23(16)18(25)8-15/h4-8,10,28H,3,11H2,1-2H3,(H,29,31)(H,30,32). The number of aryl methyl sites for hydroxylation is 2. The van der Waals surface area contributed by atoms with Gasteiger partial charge in [0.25, 0.3) is 0 Å². The lowest BCUT2D eigenvalue weighted by atomic mass is 10.1. The molecule has 0 fully saturated rings. The van der Waals surface area contributed by atoms with Crippen LogP contribution >= 0.6 is 23.2 Å². The van der Waals surface area contributed by atoms with Crippen molar-refractivity contribution in [3.63, 3.8) is 0 Å². The van der Waals surface area contributed by atoms with Gasteiger partial charge in [0, 0.05) is 35.1 Å². The van der Waals surface area contributed by atoms with E-state index in [0.717, 1.165) is 29.3 Å². The Morgan fingerprint density at radius 3 is 2.62 bits per heavy atom. The molecule has 0 saturated heterocycles. The van der Waals surface area contributed by atoms with Gasteiger partial charge < -0.3 is 15.6 Å². The Kier molecular flexibility index (Phi) is 6.17. The normalized spacial score (nSPS) is 10.9. The number of benzene rings is 2. The Balaban J connectivity index is 1.73. The number of fused-ring (bicyclic) bond motifs is 1. The minimum absolute atomic E-state index is 0.0203. The average Bonchev–Trinajstić information content (AvgIpc) is 3.15. The van der Waals surface area contributed by atoms with E-state index in [1.54, 1.807) is 12.1 Å². The van der Waals surface area contributed by atoms with Crippen LogP contribution in [0, 0.1) is 24.1 Å². The smallest absolute Gasteiger partial charge is 0.141 e. The van der Waals surface area contributed by atoms with E-state index in [1.807, 2.05) is 19.9 Å². The predicted molar refractivity (Wildman–Crippen MR) is 126 cm³/mol. The molecule has 6 nitrogen and oxygen atoms in total. The van der Waals surface area contributed by atoms with Crippen molar-refractivity contribution in [2.75, 3.05) is 10.6 Å². The highest BCUT2D eigenvalue weighted by molar-refractivity contribution is 6.36. The molecule has 3 N–H and O–H groups in total. The van der Waals surface area contributed by atoms with Crippen LogP contribution in [0.5, 0.6) is 0 Å². The molecule has 0 bridgehead atoms. The molecule has 0 radical (unpaired) electrons. The van der Waals surface area contributed by atoms with E-state index >= 15 is 0 Å². The molecule has 4 aromatic rings. The number of nitrogens with zero attached hydrogens (tertiary/aromatic N) is 3. The molecule has 9 heteroatoms. The van der Waals surface area contributed by atoms with Crippen LogP contribution in [0.4, 0.5) is 21.5 Å². The summed E-state index contributed by atoms with van der Waals surface area (Å²) in [6, 6.07) is 10.1. The first-order valence-electron chi connectivity index (χ1n) is 9.92. The Bertz CT molecular complexity index is 1360. The number of imidazole rings is 1. The van der Waals surface area contributed by atoms with Gasteiger partial charge in [-0.3, -0.25) is 4.98 Å². The van der Waals surface area contributed by atoms with Crippen molar-refractivity contribution >= 4 is 51.2 Å². The number of aromatic amines is 1. The second-order valence-corrected chi connectivity index (χ2v) is 8.04. The molecular weight excluding hydrogens is 450 g/mol. The summed E-state index contributed by atoms with van der Waals surface area (Å²) < 4.78 is 13.6. The molecule has 32 heavy (non-hydrogen) atoms. The summed E-state index contributed by atoms with van der Waals surface area (Å²) in [5, 5.41) is 17.2. The van der Waals surface area contributed by atoms with Gasteiger partial charge in [0.15, 0.2) is 0 Å². The molecule has 0 aliphatic carbocycles. The number of anilines is 3. The van der Waals surface area contributed by atoms with E-state index in [2.05, 4.69) is 31.7 Å². The molecule has 2 aromatic heterocycles. The summed E-state index contributed by atoms with van der Waals surface area (Å²) in [6.07, 6.45) is 2.28. The summed E-state index contributed by atoms with van der Waals surface area (Å²) in [4.78, 5) is 12.2. The van der Waals surface area contributed by atoms with Crippen LogP contribution < -0.4 is 10.6 Å². The predicted octanol–water partition coefficient (Wildman–Crippen LogP) is 6.50. The van der Waals surface area contributed by atoms with Gasteiger partial charge in [-0.15, -0.1) is 0 Å². The Morgan fingerprint density at radius 1 is 1.16 bits per heavy atom. The Morgan fingerprint density at radius 2 is 1.94 bits per heavy atom. The molecule has 0 unspecified atom stereocenters. The van der Waals surface area contributed by atoms with Crippen LogP contribution in [-0.2, 0) is 13.0 Å². The SMILES string of the molecule is CCc1nc(CNc2cc(Cl)c3ncc(C#N)c(Nc4ccc(F)c(Cl)c4)c3c2)c(C)[nH]1. The zero-order valence-electron chi connectivity index (χ0n) is 17.4. The zero-order valence-corrected chi connectivity index (χ0v) is 18.9. The highest BCUT2D eigenvalue weighted by atomic mass is 35.5. The monoisotopic (exact) mass is 468 g/mol. The lowest BCUT2D eigenvalue weighted by Crippen LogP contribution is -2.03. The topological polar surface area (TPSA) is 89.4 Å². The first-order valence-corrected chi connectivity index (χ1v) is 10.7. The van der Waals surface area contributed by atoms with Crippen LogP contribution in [0.1, 0.15) is 29.7 Å². The maximum atomic E-state index is 13.6. The van der Waals surface area contributed by atoms with Crippen LogP contribution in [0.2, 0.25) is 10.0 Å². The van der Waals surface area contributed by atoms with E-state index in [-0.39, 0.29) is 5.02 Å². The third-order valence-electron chi connectivity index (χ3n) is 5.06. The number of H-pyrrole nitrogens is 1. The molecule has 4 rings (SSSR count). The van der Waals surface area contributed by atoms with Gasteiger partial charge in [0.2, 0.25) is 0 Å². The second-order valence-electron chi connectivity index (χ2n) is 7.23. The Hall–Kier alpha value is -3.34. The van der Waals surface area contributed by atoms with Crippen molar-refractivity contribution in [2.45, 2.75) is 26.8 Å². The average molecular weight is 469 g/mol. The van der Waals surface area contributed by atoms with E-state index in [0.29, 0.717) is 39.4 Å². The van der Waals surface area contributed by atoms with Crippen molar-refractivity contribution in [3.8, 4) is 6.07 Å². The van der Waals surface area contributed by atoms with Crippen molar-refractivity contribution in [2.24, 2.45) is 0 Å². The molecule has 2 aromatic carbocycles. The third kappa shape index (κ3) is 4.33. The number of hydrogen-bond acceptors (Lipinski definition) is 5. The quantitative estimate of drug-likeness (QED) is 0.300. The zero-order chi connectivity index (χ0) is 22.8. The van der Waals surface area contributed by atoms with Crippen LogP contribution in [-0.4, -0.2) is 15.0 Å². The lowest BCUT2D eigenvalue weighted by Gasteiger charge is -2.14. The van der Waals surface area contributed by atoms with Crippen LogP contribution in [0.25, 0.3) is 10.9 Å². The molecular formula is C23H19Cl2FN6. The van der Waals surface area contributed by atoms with Gasteiger partial charge in [-0.05, 0) is 37.3 Å². The second kappa shape index (κ2) is 9.03. The summed E-state index contributed by atoms with van der Waals surface area (Å²) in [5.74, 6) is 0.412. The van der Waals surface area contributed by atoms with Crippen molar-refractivity contribution < 1.29 is 4.39 Å². The first-order chi connectivity index (χ1) is 15.4. The number of nitrogens with one attached hydrogen (secondary N) is 3. The fourth-order valence-corrected chi connectivity index (χ4v) is 3.84. The fourth-order valence-electron chi connectivity index (χ4n) is 3.39. The summed E-state index contributed by atoms with van der Waals surface area (Å²) in [6.45, 7) is 4.53. The molecule has 0 amide bonds. The molecule has 0 spiro atoms. The molecule has 0 aliphatic rings. The van der Waals surface area contributed by atoms with Crippen molar-refractivity contribution in [1.82, 2.24) is 15.0 Å². The van der Waals surface area contributed by atoms with Gasteiger partial charge in [-0.2, -0.15) is 5.26 Å². The molecule has 162 valence electrons. The van der Waals surface area contributed by atoms with Gasteiger partial charge in [-0.1, -0.05) is 30.1 Å². The fraction of sp³-hybridized carbons (Fsp3) is 0.174. The molecule has 2 heterocycles. The van der Waals surface area contributed by atoms with Crippen molar-refractivity contribution in [1.29, 1.82) is 5.26 Å². The van der Waals surface area contributed by atoms with Gasteiger partial charge in [0.05, 0.1) is 39.1 Å². The van der Waals surface area contributed by atoms with Crippen molar-refractivity contribution in [3.05, 3.63) is 75.2 Å². The molecule has 0 saturated carbocycles. The maximum absolute atomic E-state index is 13.6. The molecule has 0 aliphatic heterocycles. The van der Waals surface area contributed by atoms with E-state index in [9.17, 15) is 9.65 Å². The minimum atomic E-state index is -0.522. The number of hydrogen-bond donors (Lipinski definition) is 3. The van der Waals surface area contributed by atoms with E-state index < -0.39 is 5.82 Å². The number of nitriles is 1. The highest BCUT2D eigenvalue weighted by Crippen LogP contribution is 2.35. The summed E-state index contributed by atoms with van der Waals surface area (Å²) >= 11 is 12.4. The first kappa shape index (κ1) is 21.9. The van der Waals surface area contributed by atoms with Crippen LogP contribution in [0.3, 0.4) is 0 Å². The van der Waals surface area contributed by atoms with E-state index in [4.69, 9.17) is 23.2 Å². The largest absolute Gasteiger partial charge is 0.379 e. The maximum Gasteiger partial charge on any atom is 0.141 e. The van der Waals surface area contributed by atoms with Gasteiger partial charge in [-0.25, -0.2) is 9.37 Å². The molecule has 0 atom stereocenters. The van der Waals surface area contributed by atoms with Gasteiger partial charge in [0.1, 0.15) is 17.7 Å². The summed E-state index contributed by atoms with van der Waals surface area (Å²) in [7, 11) is 0. The number of pyridine rings is 1. The third-order valence-corrected chi connectivity index (χ3v) is 5.64. The van der Waals surface area contributed by atoms with Gasteiger partial charge >= 0.3 is 0 Å². The van der Waals surface area contributed by atoms with Crippen LogP contribution in [0.15, 0.2) is 36.5 Å². The highest BCUT2D eigenvalue weighted by Gasteiger charge is 2.14. The number of rotatable bonds is 6.